The molecule has 3 aromatic carbocycles. The van der Waals surface area contributed by atoms with Gasteiger partial charge in [0.1, 0.15) is 18.2 Å². The molecule has 1 amide bonds. The zero-order valence-corrected chi connectivity index (χ0v) is 19.7. The van der Waals surface area contributed by atoms with Crippen LogP contribution >= 0.6 is 23.2 Å². The van der Waals surface area contributed by atoms with Crippen LogP contribution in [0.25, 0.3) is 6.08 Å². The van der Waals surface area contributed by atoms with E-state index in [1.807, 2.05) is 44.2 Å². The number of nitrogens with zero attached hydrogens (tertiary/aromatic N) is 1. The molecule has 0 aliphatic carbocycles. The molecule has 0 fully saturated rings. The molecule has 5 nitrogen and oxygen atoms in total. The minimum absolute atomic E-state index is 0.0816. The van der Waals surface area contributed by atoms with Crippen LogP contribution in [0.5, 0.6) is 11.5 Å². The van der Waals surface area contributed by atoms with Gasteiger partial charge in [0.15, 0.2) is 11.5 Å². The number of anilines is 1. The van der Waals surface area contributed by atoms with E-state index in [0.717, 1.165) is 5.56 Å². The minimum Gasteiger partial charge on any atom is -0.490 e. The van der Waals surface area contributed by atoms with Crippen LogP contribution in [-0.4, -0.2) is 12.5 Å². The van der Waals surface area contributed by atoms with E-state index in [-0.39, 0.29) is 5.57 Å². The highest BCUT2D eigenvalue weighted by atomic mass is 35.5. The zero-order chi connectivity index (χ0) is 23.8. The van der Waals surface area contributed by atoms with E-state index in [1.54, 1.807) is 36.4 Å². The summed E-state index contributed by atoms with van der Waals surface area (Å²) >= 11 is 11.9. The Hall–Kier alpha value is -3.46. The molecule has 0 bridgehead atoms. The molecule has 0 aromatic heterocycles. The maximum Gasteiger partial charge on any atom is 0.266 e. The van der Waals surface area contributed by atoms with Crippen LogP contribution in [-0.2, 0) is 11.4 Å². The summed E-state index contributed by atoms with van der Waals surface area (Å²) in [7, 11) is 0. The lowest BCUT2D eigenvalue weighted by atomic mass is 10.1. The number of carbonyl (C=O) groups is 1. The third-order valence-corrected chi connectivity index (χ3v) is 5.02. The predicted molar refractivity (Wildman–Crippen MR) is 132 cm³/mol. The number of nitriles is 1. The maximum absolute atomic E-state index is 12.6. The van der Waals surface area contributed by atoms with Crippen molar-refractivity contribution in [3.8, 4) is 17.6 Å². The van der Waals surface area contributed by atoms with Crippen LogP contribution in [0.2, 0.25) is 10.0 Å². The highest BCUT2D eigenvalue weighted by Gasteiger charge is 2.12. The number of benzene rings is 3. The standard InChI is InChI=1S/C26H22Cl2N2O3/c1-3-32-25-11-19(8-9-24(25)33-16-18-6-4-17(2)5-7-18)10-20(15-29)26(31)30-23-13-21(27)12-22(28)14-23/h4-14H,3,16H2,1-2H3,(H,30,31)/b20-10+. The van der Waals surface area contributed by atoms with Crippen LogP contribution in [0.1, 0.15) is 23.6 Å². The lowest BCUT2D eigenvalue weighted by Gasteiger charge is -2.13. The lowest BCUT2D eigenvalue weighted by molar-refractivity contribution is -0.112. The first kappa shape index (κ1) is 24.2. The molecule has 0 aliphatic rings. The van der Waals surface area contributed by atoms with E-state index in [2.05, 4.69) is 5.32 Å². The SMILES string of the molecule is CCOc1cc(/C=C(\C#N)C(=O)Nc2cc(Cl)cc(Cl)c2)ccc1OCc1ccc(C)cc1. The average molecular weight is 481 g/mol. The third-order valence-electron chi connectivity index (χ3n) is 4.58. The Labute approximate surface area is 203 Å². The van der Waals surface area contributed by atoms with Gasteiger partial charge in [0.2, 0.25) is 0 Å². The Morgan fingerprint density at radius 1 is 1.00 bits per heavy atom. The first-order valence-corrected chi connectivity index (χ1v) is 11.0. The van der Waals surface area contributed by atoms with Crippen LogP contribution in [0.4, 0.5) is 5.69 Å². The van der Waals surface area contributed by atoms with Gasteiger partial charge in [0.05, 0.1) is 6.61 Å². The van der Waals surface area contributed by atoms with E-state index >= 15 is 0 Å². The molecule has 3 rings (SSSR count). The summed E-state index contributed by atoms with van der Waals surface area (Å²) < 4.78 is 11.7. The van der Waals surface area contributed by atoms with Gasteiger partial charge in [-0.05, 0) is 61.4 Å². The van der Waals surface area contributed by atoms with Gasteiger partial charge in [-0.15, -0.1) is 0 Å². The molecule has 0 spiro atoms. The molecule has 0 aliphatic heterocycles. The van der Waals surface area contributed by atoms with E-state index in [9.17, 15) is 10.1 Å². The average Bonchev–Trinajstić information content (AvgIpc) is 2.77. The van der Waals surface area contributed by atoms with Crippen molar-refractivity contribution in [3.05, 3.63) is 93.0 Å². The summed E-state index contributed by atoms with van der Waals surface area (Å²) in [6, 6.07) is 19.9. The molecule has 0 saturated heterocycles. The molecular formula is C26H22Cl2N2O3. The van der Waals surface area contributed by atoms with Crippen molar-refractivity contribution in [1.29, 1.82) is 5.26 Å². The molecule has 1 N–H and O–H groups in total. The summed E-state index contributed by atoms with van der Waals surface area (Å²) in [4.78, 5) is 12.6. The van der Waals surface area contributed by atoms with E-state index in [1.165, 1.54) is 11.6 Å². The predicted octanol–water partition coefficient (Wildman–Crippen LogP) is 6.83. The molecule has 0 unspecified atom stereocenters. The topological polar surface area (TPSA) is 71.3 Å². The number of carbonyl (C=O) groups excluding carboxylic acids is 1. The molecule has 3 aromatic rings. The van der Waals surface area contributed by atoms with Crippen LogP contribution in [0.3, 0.4) is 0 Å². The normalized spacial score (nSPS) is 10.9. The van der Waals surface area contributed by atoms with Crippen LogP contribution in [0.15, 0.2) is 66.2 Å². The van der Waals surface area contributed by atoms with Gasteiger partial charge in [0, 0.05) is 15.7 Å². The highest BCUT2D eigenvalue weighted by Crippen LogP contribution is 2.30. The summed E-state index contributed by atoms with van der Waals surface area (Å²) in [6.45, 7) is 4.74. The number of halogens is 2. The Morgan fingerprint density at radius 3 is 2.33 bits per heavy atom. The lowest BCUT2D eigenvalue weighted by Crippen LogP contribution is -2.13. The molecule has 168 valence electrons. The first-order valence-electron chi connectivity index (χ1n) is 10.2. The van der Waals surface area contributed by atoms with Crippen molar-refractivity contribution in [2.45, 2.75) is 20.5 Å². The van der Waals surface area contributed by atoms with Crippen molar-refractivity contribution >= 4 is 40.9 Å². The van der Waals surface area contributed by atoms with Crippen LogP contribution in [0, 0.1) is 18.3 Å². The number of nitrogens with one attached hydrogen (secondary N) is 1. The van der Waals surface area contributed by atoms with Gasteiger partial charge < -0.3 is 14.8 Å². The van der Waals surface area contributed by atoms with E-state index in [0.29, 0.717) is 46.0 Å². The van der Waals surface area contributed by atoms with E-state index < -0.39 is 5.91 Å². The maximum atomic E-state index is 12.6. The number of rotatable bonds is 8. The van der Waals surface area contributed by atoms with Crippen molar-refractivity contribution in [3.63, 3.8) is 0 Å². The fourth-order valence-electron chi connectivity index (χ4n) is 2.99. The number of ether oxygens (including phenoxy) is 2. The quantitative estimate of drug-likeness (QED) is 0.283. The van der Waals surface area contributed by atoms with E-state index in [4.69, 9.17) is 32.7 Å². The van der Waals surface area contributed by atoms with Gasteiger partial charge in [-0.3, -0.25) is 4.79 Å². The van der Waals surface area contributed by atoms with Gasteiger partial charge in [-0.1, -0.05) is 59.1 Å². The Morgan fingerprint density at radius 2 is 1.70 bits per heavy atom. The number of hydrogen-bond acceptors (Lipinski definition) is 4. The molecule has 7 heteroatoms. The van der Waals surface area contributed by atoms with Crippen molar-refractivity contribution in [2.24, 2.45) is 0 Å². The number of hydrogen-bond donors (Lipinski definition) is 1. The molecule has 0 atom stereocenters. The van der Waals surface area contributed by atoms with Gasteiger partial charge in [-0.2, -0.15) is 5.26 Å². The van der Waals surface area contributed by atoms with Gasteiger partial charge in [-0.25, -0.2) is 0 Å². The second-order valence-corrected chi connectivity index (χ2v) is 8.07. The Bertz CT molecular complexity index is 1190. The fraction of sp³-hybridized carbons (Fsp3) is 0.154. The molecule has 0 radical (unpaired) electrons. The Kier molecular flexibility index (Phi) is 8.37. The van der Waals surface area contributed by atoms with Crippen molar-refractivity contribution < 1.29 is 14.3 Å². The summed E-state index contributed by atoms with van der Waals surface area (Å²) in [5, 5.41) is 12.9. The highest BCUT2D eigenvalue weighted by molar-refractivity contribution is 6.35. The van der Waals surface area contributed by atoms with Gasteiger partial charge >= 0.3 is 0 Å². The minimum atomic E-state index is -0.575. The Balaban J connectivity index is 1.78. The third kappa shape index (κ3) is 7.01. The second-order valence-electron chi connectivity index (χ2n) is 7.20. The fourth-order valence-corrected chi connectivity index (χ4v) is 3.51. The largest absolute Gasteiger partial charge is 0.490 e. The molecular weight excluding hydrogens is 459 g/mol. The second kappa shape index (κ2) is 11.4. The molecule has 33 heavy (non-hydrogen) atoms. The zero-order valence-electron chi connectivity index (χ0n) is 18.2. The van der Waals surface area contributed by atoms with Crippen LogP contribution < -0.4 is 14.8 Å². The monoisotopic (exact) mass is 480 g/mol. The summed E-state index contributed by atoms with van der Waals surface area (Å²) in [5.74, 6) is 0.525. The summed E-state index contributed by atoms with van der Waals surface area (Å²) in [6.07, 6.45) is 1.48. The first-order chi connectivity index (χ1) is 15.9. The van der Waals surface area contributed by atoms with Crippen molar-refractivity contribution in [1.82, 2.24) is 0 Å². The van der Waals surface area contributed by atoms with Crippen molar-refractivity contribution in [2.75, 3.05) is 11.9 Å². The molecule has 0 saturated carbocycles. The van der Waals surface area contributed by atoms with Gasteiger partial charge in [0.25, 0.3) is 5.91 Å². The summed E-state index contributed by atoms with van der Waals surface area (Å²) in [5.41, 5.74) is 3.16. The smallest absolute Gasteiger partial charge is 0.266 e. The number of aryl methyl sites for hydroxylation is 1. The molecule has 0 heterocycles. The number of amides is 1.